The number of rotatable bonds is 5. The van der Waals surface area contributed by atoms with Crippen molar-refractivity contribution in [3.63, 3.8) is 0 Å². The van der Waals surface area contributed by atoms with Gasteiger partial charge in [-0.2, -0.15) is 0 Å². The first-order valence-electron chi connectivity index (χ1n) is 9.75. The van der Waals surface area contributed by atoms with Crippen LogP contribution < -0.4 is 0 Å². The number of nitrogens with zero attached hydrogens (tertiary/aromatic N) is 2. The summed E-state index contributed by atoms with van der Waals surface area (Å²) in [5.41, 5.74) is 2.00. The van der Waals surface area contributed by atoms with Gasteiger partial charge in [0.05, 0.1) is 18.7 Å². The number of morpholine rings is 1. The van der Waals surface area contributed by atoms with E-state index in [9.17, 15) is 9.18 Å². The molecule has 0 saturated carbocycles. The van der Waals surface area contributed by atoms with Gasteiger partial charge in [-0.3, -0.25) is 9.88 Å². The Kier molecular flexibility index (Phi) is 5.83. The lowest BCUT2D eigenvalue weighted by molar-refractivity contribution is -0.157. The Morgan fingerprint density at radius 1 is 1.14 bits per heavy atom. The zero-order chi connectivity index (χ0) is 20.2. The Balaban J connectivity index is 1.58. The Hall–Kier alpha value is -2.83. The molecule has 150 valence electrons. The summed E-state index contributed by atoms with van der Waals surface area (Å²) in [4.78, 5) is 19.5. The molecule has 0 radical (unpaired) electrons. The lowest BCUT2D eigenvalue weighted by Crippen LogP contribution is -2.43. The van der Waals surface area contributed by atoms with Crippen molar-refractivity contribution in [1.82, 2.24) is 9.88 Å². The highest BCUT2D eigenvalue weighted by molar-refractivity contribution is 5.80. The molecule has 29 heavy (non-hydrogen) atoms. The molecule has 0 amide bonds. The second-order valence-corrected chi connectivity index (χ2v) is 7.11. The number of ether oxygens (including phenoxy) is 2. The van der Waals surface area contributed by atoms with Gasteiger partial charge in [-0.25, -0.2) is 9.18 Å². The topological polar surface area (TPSA) is 51.7 Å². The summed E-state index contributed by atoms with van der Waals surface area (Å²) in [5, 5.41) is 0.978. The van der Waals surface area contributed by atoms with Crippen LogP contribution in [0.1, 0.15) is 30.2 Å². The number of carbonyl (C=O) groups excluding carboxylic acids is 1. The van der Waals surface area contributed by atoms with Crippen molar-refractivity contribution in [3.8, 4) is 0 Å². The summed E-state index contributed by atoms with van der Waals surface area (Å²) < 4.78 is 25.7. The normalized spacial score (nSPS) is 17.0. The average molecular weight is 394 g/mol. The fourth-order valence-corrected chi connectivity index (χ4v) is 3.62. The predicted octanol–water partition coefficient (Wildman–Crippen LogP) is 4.05. The summed E-state index contributed by atoms with van der Waals surface area (Å²) in [6, 6.07) is 15.3. The monoisotopic (exact) mass is 394 g/mol. The van der Waals surface area contributed by atoms with Crippen LogP contribution in [-0.4, -0.2) is 42.2 Å². The Labute approximate surface area is 169 Å². The van der Waals surface area contributed by atoms with E-state index in [1.54, 1.807) is 31.3 Å². The van der Waals surface area contributed by atoms with Gasteiger partial charge >= 0.3 is 5.97 Å². The van der Waals surface area contributed by atoms with Crippen LogP contribution in [0.15, 0.2) is 60.8 Å². The molecule has 1 aromatic heterocycles. The van der Waals surface area contributed by atoms with E-state index in [2.05, 4.69) is 4.98 Å². The molecule has 2 atom stereocenters. The number of benzene rings is 2. The van der Waals surface area contributed by atoms with Crippen LogP contribution in [0.4, 0.5) is 4.39 Å². The molecule has 6 heteroatoms. The van der Waals surface area contributed by atoms with Crippen molar-refractivity contribution >= 4 is 16.9 Å². The van der Waals surface area contributed by atoms with E-state index in [-0.39, 0.29) is 0 Å². The van der Waals surface area contributed by atoms with Crippen LogP contribution >= 0.6 is 0 Å². The molecule has 1 fully saturated rings. The van der Waals surface area contributed by atoms with Crippen molar-refractivity contribution in [2.75, 3.05) is 26.3 Å². The minimum Gasteiger partial charge on any atom is -0.456 e. The minimum atomic E-state index is -0.809. The fraction of sp³-hybridized carbons (Fsp3) is 0.304. The van der Waals surface area contributed by atoms with Gasteiger partial charge in [0.1, 0.15) is 18.0 Å². The van der Waals surface area contributed by atoms with Crippen molar-refractivity contribution in [1.29, 1.82) is 0 Å². The Morgan fingerprint density at radius 3 is 2.66 bits per heavy atom. The van der Waals surface area contributed by atoms with Gasteiger partial charge < -0.3 is 9.47 Å². The van der Waals surface area contributed by atoms with Gasteiger partial charge in [0, 0.05) is 35.8 Å². The van der Waals surface area contributed by atoms with E-state index in [0.29, 0.717) is 31.9 Å². The molecule has 0 bridgehead atoms. The number of carbonyl (C=O) groups is 1. The van der Waals surface area contributed by atoms with Gasteiger partial charge in [-0.1, -0.05) is 36.4 Å². The number of fused-ring (bicyclic) bond motifs is 1. The molecule has 1 aliphatic rings. The van der Waals surface area contributed by atoms with Crippen molar-refractivity contribution in [2.24, 2.45) is 0 Å². The van der Waals surface area contributed by atoms with Crippen molar-refractivity contribution in [3.05, 3.63) is 77.7 Å². The van der Waals surface area contributed by atoms with Gasteiger partial charge in [-0.05, 0) is 25.1 Å². The first-order chi connectivity index (χ1) is 14.1. The zero-order valence-corrected chi connectivity index (χ0v) is 16.3. The zero-order valence-electron chi connectivity index (χ0n) is 16.3. The predicted molar refractivity (Wildman–Crippen MR) is 108 cm³/mol. The van der Waals surface area contributed by atoms with Crippen LogP contribution in [0.25, 0.3) is 10.9 Å². The van der Waals surface area contributed by atoms with Crippen LogP contribution in [0.5, 0.6) is 0 Å². The molecule has 2 heterocycles. The Morgan fingerprint density at radius 2 is 1.86 bits per heavy atom. The summed E-state index contributed by atoms with van der Waals surface area (Å²) in [6.45, 7) is 3.90. The number of pyridine rings is 1. The summed E-state index contributed by atoms with van der Waals surface area (Å²) in [5.74, 6) is -0.890. The number of hydrogen-bond donors (Lipinski definition) is 0. The number of esters is 1. The largest absolute Gasteiger partial charge is 0.456 e. The molecule has 0 N–H and O–H groups in total. The second kappa shape index (κ2) is 8.68. The van der Waals surface area contributed by atoms with Crippen LogP contribution in [0, 0.1) is 5.82 Å². The van der Waals surface area contributed by atoms with Crippen LogP contribution in [0.2, 0.25) is 0 Å². The molecular weight excluding hydrogens is 371 g/mol. The quantitative estimate of drug-likeness (QED) is 0.611. The second-order valence-electron chi connectivity index (χ2n) is 7.11. The van der Waals surface area contributed by atoms with Crippen LogP contribution in [0.3, 0.4) is 0 Å². The van der Waals surface area contributed by atoms with Gasteiger partial charge in [-0.15, -0.1) is 0 Å². The third-order valence-electron chi connectivity index (χ3n) is 5.21. The van der Waals surface area contributed by atoms with Gasteiger partial charge in [0.15, 0.2) is 0 Å². The number of aromatic nitrogens is 1. The molecule has 0 unspecified atom stereocenters. The lowest BCUT2D eigenvalue weighted by Gasteiger charge is -2.34. The Bertz CT molecular complexity index is 1000. The first-order valence-corrected chi connectivity index (χ1v) is 9.75. The maximum atomic E-state index is 14.5. The number of hydrogen-bond acceptors (Lipinski definition) is 5. The summed E-state index contributed by atoms with van der Waals surface area (Å²) in [7, 11) is 0. The number of halogens is 1. The molecule has 3 aromatic rings. The van der Waals surface area contributed by atoms with E-state index in [0.717, 1.165) is 16.5 Å². The lowest BCUT2D eigenvalue weighted by atomic mass is 10.0. The SMILES string of the molecule is C[C@@H](OC(=O)[C@H](c1ccccc1F)N1CCOCC1)c1cnc2ccccc2c1. The van der Waals surface area contributed by atoms with Crippen LogP contribution in [-0.2, 0) is 14.3 Å². The summed E-state index contributed by atoms with van der Waals surface area (Å²) in [6.07, 6.45) is 1.21. The van der Waals surface area contributed by atoms with Gasteiger partial charge in [0.25, 0.3) is 0 Å². The first kappa shape index (κ1) is 19.5. The molecule has 1 saturated heterocycles. The van der Waals surface area contributed by atoms with E-state index in [4.69, 9.17) is 9.47 Å². The maximum absolute atomic E-state index is 14.5. The van der Waals surface area contributed by atoms with E-state index in [1.807, 2.05) is 35.2 Å². The molecule has 2 aromatic carbocycles. The average Bonchev–Trinajstić information content (AvgIpc) is 2.75. The smallest absolute Gasteiger partial charge is 0.328 e. The standard InChI is InChI=1S/C23H23FN2O3/c1-16(18-14-17-6-2-5-9-21(17)25-15-18)29-23(27)22(26-10-12-28-13-11-26)19-7-3-4-8-20(19)24/h2-9,14-16,22H,10-13H2,1H3/t16-,22+/m1/s1. The highest BCUT2D eigenvalue weighted by Gasteiger charge is 2.33. The highest BCUT2D eigenvalue weighted by Crippen LogP contribution is 2.29. The van der Waals surface area contributed by atoms with Crippen molar-refractivity contribution in [2.45, 2.75) is 19.1 Å². The van der Waals surface area contributed by atoms with E-state index >= 15 is 0 Å². The van der Waals surface area contributed by atoms with E-state index < -0.39 is 23.9 Å². The maximum Gasteiger partial charge on any atom is 0.328 e. The molecular formula is C23H23FN2O3. The third-order valence-corrected chi connectivity index (χ3v) is 5.21. The molecule has 1 aliphatic heterocycles. The molecule has 4 rings (SSSR count). The van der Waals surface area contributed by atoms with E-state index in [1.165, 1.54) is 6.07 Å². The highest BCUT2D eigenvalue weighted by atomic mass is 19.1. The molecule has 0 spiro atoms. The van der Waals surface area contributed by atoms with Crippen molar-refractivity contribution < 1.29 is 18.7 Å². The molecule has 5 nitrogen and oxygen atoms in total. The fourth-order valence-electron chi connectivity index (χ4n) is 3.62. The minimum absolute atomic E-state index is 0.322. The molecule has 0 aliphatic carbocycles. The summed E-state index contributed by atoms with van der Waals surface area (Å²) >= 11 is 0. The third kappa shape index (κ3) is 4.28. The van der Waals surface area contributed by atoms with Gasteiger partial charge in [0.2, 0.25) is 0 Å². The number of para-hydroxylation sites is 1.